The monoisotopic (exact) mass is 389 g/mol. The van der Waals surface area contributed by atoms with Gasteiger partial charge in [0.25, 0.3) is 0 Å². The van der Waals surface area contributed by atoms with Gasteiger partial charge in [0.15, 0.2) is 0 Å². The summed E-state index contributed by atoms with van der Waals surface area (Å²) in [6, 6.07) is 0. The Morgan fingerprint density at radius 1 is 0.600 bits per heavy atom. The van der Waals surface area contributed by atoms with Crippen LogP contribution in [0.15, 0.2) is 0 Å². The smallest absolute Gasteiger partial charge is 0 e. The molecule has 0 aliphatic rings. The summed E-state index contributed by atoms with van der Waals surface area (Å²) in [6.45, 7) is 33.5. The van der Waals surface area contributed by atoms with E-state index >= 15 is 0 Å². The molecule has 0 saturated carbocycles. The van der Waals surface area contributed by atoms with Crippen molar-refractivity contribution < 1.29 is 61.5 Å². The molecule has 2 radical (unpaired) electrons. The maximum Gasteiger partial charge on any atom is 0 e. The van der Waals surface area contributed by atoms with Gasteiger partial charge in [0, 0.05) is 33.6 Å². The molecule has 0 aromatic carbocycles. The van der Waals surface area contributed by atoms with Crippen LogP contribution in [0.25, 0.3) is 0 Å². The van der Waals surface area contributed by atoms with Crippen LogP contribution in [0, 0.1) is 51.5 Å². The minimum absolute atomic E-state index is 0. The fourth-order valence-corrected chi connectivity index (χ4v) is 0. The van der Waals surface area contributed by atoms with E-state index in [4.69, 9.17) is 27.9 Å². The Hall–Kier alpha value is -0.117. The molecule has 0 aromatic heterocycles. The summed E-state index contributed by atoms with van der Waals surface area (Å²) < 4.78 is 45.0. The van der Waals surface area contributed by atoms with Crippen molar-refractivity contribution >= 4 is 9.24 Å². The molecule has 1 atom stereocenters. The molecule has 0 saturated heterocycles. The van der Waals surface area contributed by atoms with E-state index in [2.05, 4.69) is 76.1 Å². The largest absolute Gasteiger partial charge is 0 e. The molecule has 0 fully saturated rings. The van der Waals surface area contributed by atoms with E-state index in [0.717, 1.165) is 0 Å². The Morgan fingerprint density at radius 2 is 0.650 bits per heavy atom. The predicted molar refractivity (Wildman–Crippen MR) is 57.0 cm³/mol. The van der Waals surface area contributed by atoms with Crippen LogP contribution >= 0.6 is 9.24 Å². The summed E-state index contributed by atoms with van der Waals surface area (Å²) in [5.41, 5.74) is 0.380. The molecular formula is C11H12Co2O6P-. The number of rotatable bonds is 0. The molecule has 0 aliphatic carbocycles. The van der Waals surface area contributed by atoms with Gasteiger partial charge < -0.3 is 6.16 Å². The second kappa shape index (κ2) is 127. The fraction of sp³-hybridized carbons (Fsp3) is 0.364. The van der Waals surface area contributed by atoms with Gasteiger partial charge >= 0.3 is 67.8 Å². The zero-order valence-electron chi connectivity index (χ0n) is 10.8. The van der Waals surface area contributed by atoms with E-state index in [0.29, 0.717) is 5.41 Å². The molecule has 0 aromatic rings. The molecule has 0 bridgehead atoms. The maximum atomic E-state index is 7.50. The topological polar surface area (TPSA) is 119 Å². The van der Waals surface area contributed by atoms with Crippen LogP contribution in [0.1, 0.15) is 20.8 Å². The van der Waals surface area contributed by atoms with Gasteiger partial charge in [0.1, 0.15) is 0 Å². The van der Waals surface area contributed by atoms with E-state index in [1.807, 2.05) is 0 Å². The van der Waals surface area contributed by atoms with Crippen LogP contribution in [-0.4, -0.2) is 0 Å². The van der Waals surface area contributed by atoms with Crippen molar-refractivity contribution in [2.24, 2.45) is 5.41 Å². The summed E-state index contributed by atoms with van der Waals surface area (Å²) in [5.74, 6) is 0. The van der Waals surface area contributed by atoms with Crippen molar-refractivity contribution in [1.29, 1.82) is 0 Å². The van der Waals surface area contributed by atoms with Crippen molar-refractivity contribution in [2.75, 3.05) is 0 Å². The van der Waals surface area contributed by atoms with Gasteiger partial charge in [0.2, 0.25) is 0 Å². The summed E-state index contributed by atoms with van der Waals surface area (Å²) in [4.78, 5) is 0. The summed E-state index contributed by atoms with van der Waals surface area (Å²) in [6.07, 6.45) is 2.10. The fourth-order valence-electron chi connectivity index (χ4n) is 0. The first kappa shape index (κ1) is 59.9. The Kier molecular flexibility index (Phi) is 381. The van der Waals surface area contributed by atoms with Crippen LogP contribution in [0.5, 0.6) is 0 Å². The van der Waals surface area contributed by atoms with E-state index in [9.17, 15) is 0 Å². The Labute approximate surface area is 143 Å². The SMILES string of the molecule is CC(C)(C)[CH-]P.[C-]#[O+].[C-]#[O+].[C-]#[O+].[C-]#[O+].[C-]#[O+].[C-]#[O+].[Co].[Co]. The zero-order valence-corrected chi connectivity index (χ0v) is 14.0. The van der Waals surface area contributed by atoms with Crippen LogP contribution in [-0.2, 0) is 61.5 Å². The summed E-state index contributed by atoms with van der Waals surface area (Å²) in [7, 11) is 2.60. The predicted octanol–water partition coefficient (Wildman–Crippen LogP) is 1.84. The maximum absolute atomic E-state index is 7.50. The number of hydrogen-bond donors (Lipinski definition) is 0. The van der Waals surface area contributed by atoms with E-state index in [1.54, 1.807) is 0 Å². The van der Waals surface area contributed by atoms with Gasteiger partial charge in [-0.1, -0.05) is 20.8 Å². The second-order valence-electron chi connectivity index (χ2n) is 2.53. The van der Waals surface area contributed by atoms with Crippen LogP contribution in [0.3, 0.4) is 0 Å². The summed E-state index contributed by atoms with van der Waals surface area (Å²) >= 11 is 0. The van der Waals surface area contributed by atoms with Crippen molar-refractivity contribution in [3.05, 3.63) is 46.1 Å². The second-order valence-corrected chi connectivity index (χ2v) is 2.87. The van der Waals surface area contributed by atoms with Gasteiger partial charge in [0.05, 0.1) is 0 Å². The molecule has 0 rings (SSSR count). The Bertz CT molecular complexity index is 178. The molecule has 0 amide bonds. The van der Waals surface area contributed by atoms with Crippen molar-refractivity contribution in [2.45, 2.75) is 20.8 Å². The van der Waals surface area contributed by atoms with Gasteiger partial charge in [-0.25, -0.2) is 0 Å². The molecule has 9 heteroatoms. The van der Waals surface area contributed by atoms with E-state index in [1.165, 1.54) is 0 Å². The third-order valence-corrected chi connectivity index (χ3v) is 1.50. The average Bonchev–Trinajstić information content (AvgIpc) is 2.51. The first-order valence-corrected chi connectivity index (χ1v) is 4.01. The minimum Gasteiger partial charge on any atom is 0 e. The van der Waals surface area contributed by atoms with Gasteiger partial charge in [-0.15, -0.1) is 0 Å². The zero-order chi connectivity index (χ0) is 17.2. The van der Waals surface area contributed by atoms with Crippen molar-refractivity contribution in [3.63, 3.8) is 0 Å². The molecule has 1 unspecified atom stereocenters. The molecule has 0 aliphatic heterocycles. The van der Waals surface area contributed by atoms with Crippen LogP contribution in [0.2, 0.25) is 0 Å². The Balaban J connectivity index is -0.0000000109. The molecule has 0 spiro atoms. The average molecular weight is 389 g/mol. The molecule has 116 valence electrons. The minimum atomic E-state index is 0. The molecule has 6 nitrogen and oxygen atoms in total. The van der Waals surface area contributed by atoms with Crippen LogP contribution < -0.4 is 0 Å². The third-order valence-electron chi connectivity index (χ3n) is 0.500. The number of hydrogen-bond acceptors (Lipinski definition) is 0. The first-order valence-electron chi connectivity index (χ1n) is 3.35. The van der Waals surface area contributed by atoms with Crippen molar-refractivity contribution in [1.82, 2.24) is 0 Å². The molecule has 0 heterocycles. The molecular weight excluding hydrogens is 377 g/mol. The van der Waals surface area contributed by atoms with Crippen LogP contribution in [0.4, 0.5) is 0 Å². The normalized spacial score (nSPS) is 4.20. The van der Waals surface area contributed by atoms with Gasteiger partial charge in [-0.05, 0) is 0 Å². The van der Waals surface area contributed by atoms with Gasteiger partial charge in [-0.2, -0.15) is 5.41 Å². The van der Waals surface area contributed by atoms with Gasteiger partial charge in [-0.3, -0.25) is 9.24 Å². The third kappa shape index (κ3) is 613. The first-order chi connectivity index (χ1) is 8.56. The van der Waals surface area contributed by atoms with E-state index in [-0.39, 0.29) is 33.6 Å². The van der Waals surface area contributed by atoms with E-state index < -0.39 is 0 Å². The summed E-state index contributed by atoms with van der Waals surface area (Å²) in [5, 5.41) is 0. The quantitative estimate of drug-likeness (QED) is 0.341. The molecule has 0 N–H and O–H groups in total. The molecule has 20 heavy (non-hydrogen) atoms. The standard InChI is InChI=1S/C5H12P.6CO.2Co/c1-5(2,3)4-6;6*1-2;;/h4H,6H2,1-3H3;;;;;;;;/q-1;;;;;;;;. The van der Waals surface area contributed by atoms with Crippen molar-refractivity contribution in [3.8, 4) is 0 Å². The Morgan fingerprint density at radius 3 is 0.650 bits per heavy atom.